The van der Waals surface area contributed by atoms with Gasteiger partial charge in [0.1, 0.15) is 29.4 Å². The van der Waals surface area contributed by atoms with E-state index >= 15 is 0 Å². The molecule has 4 aromatic carbocycles. The number of methoxy groups -OCH3 is 2. The Balaban J connectivity index is 1.48. The van der Waals surface area contributed by atoms with Crippen molar-refractivity contribution in [2.45, 2.75) is 6.61 Å². The second-order valence-electron chi connectivity index (χ2n) is 8.49. The van der Waals surface area contributed by atoms with E-state index in [1.165, 1.54) is 13.2 Å². The third-order valence-corrected chi connectivity index (χ3v) is 6.22. The van der Waals surface area contributed by atoms with Crippen LogP contribution < -0.4 is 24.4 Å². The van der Waals surface area contributed by atoms with Crippen molar-refractivity contribution in [2.24, 2.45) is 0 Å². The summed E-state index contributed by atoms with van der Waals surface area (Å²) in [6.07, 6.45) is 1.42. The molecule has 0 bridgehead atoms. The van der Waals surface area contributed by atoms with Gasteiger partial charge in [-0.3, -0.25) is 14.9 Å². The van der Waals surface area contributed by atoms with Gasteiger partial charge in [0.2, 0.25) is 0 Å². The summed E-state index contributed by atoms with van der Waals surface area (Å²) in [4.78, 5) is 39.5. The fourth-order valence-corrected chi connectivity index (χ4v) is 4.24. The van der Waals surface area contributed by atoms with Crippen molar-refractivity contribution in [1.82, 2.24) is 5.32 Å². The number of benzene rings is 4. The number of carbonyl (C=O) groups is 3. The summed E-state index contributed by atoms with van der Waals surface area (Å²) < 4.78 is 16.7. The molecule has 0 radical (unpaired) electrons. The molecule has 0 atom stereocenters. The van der Waals surface area contributed by atoms with Gasteiger partial charge in [-0.25, -0.2) is 9.69 Å². The molecule has 1 saturated heterocycles. The van der Waals surface area contributed by atoms with Crippen molar-refractivity contribution in [3.63, 3.8) is 0 Å². The van der Waals surface area contributed by atoms with E-state index in [0.717, 1.165) is 21.2 Å². The molecule has 1 aliphatic heterocycles. The Bertz CT molecular complexity index is 1570. The van der Waals surface area contributed by atoms with E-state index < -0.39 is 17.8 Å². The van der Waals surface area contributed by atoms with Gasteiger partial charge in [-0.05, 0) is 58.8 Å². The first-order valence-corrected chi connectivity index (χ1v) is 11.8. The van der Waals surface area contributed by atoms with Crippen molar-refractivity contribution in [3.05, 3.63) is 102 Å². The summed E-state index contributed by atoms with van der Waals surface area (Å²) in [6.45, 7) is 0.251. The zero-order valence-corrected chi connectivity index (χ0v) is 20.8. The second kappa shape index (κ2) is 10.5. The van der Waals surface area contributed by atoms with E-state index in [9.17, 15) is 14.4 Å². The molecule has 38 heavy (non-hydrogen) atoms. The number of imide groups is 2. The number of fused-ring (bicyclic) bond motifs is 1. The van der Waals surface area contributed by atoms with Crippen molar-refractivity contribution < 1.29 is 28.6 Å². The van der Waals surface area contributed by atoms with Gasteiger partial charge in [0.25, 0.3) is 11.8 Å². The van der Waals surface area contributed by atoms with Crippen LogP contribution in [0, 0.1) is 0 Å². The molecular formula is C30H24N2O6. The van der Waals surface area contributed by atoms with Crippen LogP contribution in [0.4, 0.5) is 10.5 Å². The Kier molecular flexibility index (Phi) is 6.78. The minimum Gasteiger partial charge on any atom is -0.497 e. The fourth-order valence-electron chi connectivity index (χ4n) is 4.24. The number of ether oxygens (including phenoxy) is 3. The van der Waals surface area contributed by atoms with Crippen LogP contribution in [-0.2, 0) is 16.2 Å². The summed E-state index contributed by atoms with van der Waals surface area (Å²) in [7, 11) is 3.06. The van der Waals surface area contributed by atoms with E-state index in [2.05, 4.69) is 5.32 Å². The van der Waals surface area contributed by atoms with Crippen molar-refractivity contribution in [1.29, 1.82) is 0 Å². The number of nitrogens with one attached hydrogen (secondary N) is 1. The van der Waals surface area contributed by atoms with Crippen LogP contribution in [0.3, 0.4) is 0 Å². The average molecular weight is 509 g/mol. The predicted octanol–water partition coefficient (Wildman–Crippen LogP) is 5.10. The lowest BCUT2D eigenvalue weighted by atomic mass is 10.0. The van der Waals surface area contributed by atoms with E-state index in [1.807, 2.05) is 42.5 Å². The van der Waals surface area contributed by atoms with Crippen molar-refractivity contribution in [2.75, 3.05) is 19.1 Å². The molecule has 0 unspecified atom stereocenters. The van der Waals surface area contributed by atoms with Crippen LogP contribution in [0.15, 0.2) is 90.5 Å². The number of hydrogen-bond donors (Lipinski definition) is 1. The van der Waals surface area contributed by atoms with Gasteiger partial charge in [0, 0.05) is 11.6 Å². The summed E-state index contributed by atoms with van der Waals surface area (Å²) in [5, 5.41) is 4.39. The molecular weight excluding hydrogens is 484 g/mol. The highest BCUT2D eigenvalue weighted by molar-refractivity contribution is 6.39. The minimum absolute atomic E-state index is 0.208. The molecule has 0 aliphatic carbocycles. The molecule has 8 nitrogen and oxygen atoms in total. The number of barbiturate groups is 1. The van der Waals surface area contributed by atoms with Gasteiger partial charge in [0.05, 0.1) is 19.9 Å². The molecule has 1 N–H and O–H groups in total. The summed E-state index contributed by atoms with van der Waals surface area (Å²) in [5.74, 6) is -0.00944. The standard InChI is InChI=1S/C30H24N2O6/c1-36-23-14-11-22(12-15-23)32-29(34)26(28(33)31-30(32)35)16-20-10-13-24(37-2)17-27(20)38-18-21-8-5-7-19-6-3-4-9-25(19)21/h3-17H,18H2,1-2H3,(H,31,33,35)/b26-16+. The van der Waals surface area contributed by atoms with Crippen LogP contribution in [-0.4, -0.2) is 32.1 Å². The molecule has 4 amide bonds. The second-order valence-corrected chi connectivity index (χ2v) is 8.49. The molecule has 0 spiro atoms. The third kappa shape index (κ3) is 4.79. The Morgan fingerprint density at radius 3 is 2.29 bits per heavy atom. The van der Waals surface area contributed by atoms with Crippen molar-refractivity contribution >= 4 is 40.4 Å². The van der Waals surface area contributed by atoms with E-state index in [4.69, 9.17) is 14.2 Å². The number of carbonyl (C=O) groups excluding carboxylic acids is 3. The first-order valence-electron chi connectivity index (χ1n) is 11.8. The molecule has 5 rings (SSSR count). The minimum atomic E-state index is -0.829. The van der Waals surface area contributed by atoms with Gasteiger partial charge in [-0.2, -0.15) is 0 Å². The summed E-state index contributed by atoms with van der Waals surface area (Å²) in [5.41, 5.74) is 1.55. The maximum atomic E-state index is 13.3. The van der Waals surface area contributed by atoms with E-state index in [-0.39, 0.29) is 12.2 Å². The summed E-state index contributed by atoms with van der Waals surface area (Å²) >= 11 is 0. The van der Waals surface area contributed by atoms with E-state index in [0.29, 0.717) is 28.5 Å². The van der Waals surface area contributed by atoms with Gasteiger partial charge in [0.15, 0.2) is 0 Å². The van der Waals surface area contributed by atoms with Crippen LogP contribution >= 0.6 is 0 Å². The highest BCUT2D eigenvalue weighted by Gasteiger charge is 2.37. The highest BCUT2D eigenvalue weighted by atomic mass is 16.5. The number of urea groups is 1. The Labute approximate surface area is 219 Å². The zero-order valence-electron chi connectivity index (χ0n) is 20.8. The summed E-state index contributed by atoms with van der Waals surface area (Å²) in [6, 6.07) is 24.6. The highest BCUT2D eigenvalue weighted by Crippen LogP contribution is 2.30. The smallest absolute Gasteiger partial charge is 0.335 e. The monoisotopic (exact) mass is 508 g/mol. The lowest BCUT2D eigenvalue weighted by molar-refractivity contribution is -0.122. The maximum Gasteiger partial charge on any atom is 0.335 e. The van der Waals surface area contributed by atoms with Crippen LogP contribution in [0.25, 0.3) is 16.8 Å². The molecule has 1 heterocycles. The quantitative estimate of drug-likeness (QED) is 0.276. The molecule has 4 aromatic rings. The number of hydrogen-bond acceptors (Lipinski definition) is 6. The molecule has 0 aromatic heterocycles. The van der Waals surface area contributed by atoms with Gasteiger partial charge < -0.3 is 14.2 Å². The molecule has 190 valence electrons. The number of rotatable bonds is 7. The Hall–Kier alpha value is -5.11. The topological polar surface area (TPSA) is 94.2 Å². The molecule has 1 aliphatic rings. The molecule has 8 heteroatoms. The largest absolute Gasteiger partial charge is 0.497 e. The van der Waals surface area contributed by atoms with Gasteiger partial charge in [-0.1, -0.05) is 42.5 Å². The number of nitrogens with zero attached hydrogens (tertiary/aromatic N) is 1. The van der Waals surface area contributed by atoms with Crippen LogP contribution in [0.2, 0.25) is 0 Å². The number of amides is 4. The van der Waals surface area contributed by atoms with Crippen LogP contribution in [0.5, 0.6) is 17.2 Å². The average Bonchev–Trinajstić information content (AvgIpc) is 2.94. The SMILES string of the molecule is COc1ccc(N2C(=O)NC(=O)/C(=C\c3ccc(OC)cc3OCc3cccc4ccccc34)C2=O)cc1. The molecule has 0 saturated carbocycles. The Morgan fingerprint density at radius 2 is 1.53 bits per heavy atom. The van der Waals surface area contributed by atoms with Gasteiger partial charge in [-0.15, -0.1) is 0 Å². The maximum absolute atomic E-state index is 13.3. The van der Waals surface area contributed by atoms with Crippen molar-refractivity contribution in [3.8, 4) is 17.2 Å². The number of anilines is 1. The van der Waals surface area contributed by atoms with E-state index in [1.54, 1.807) is 49.6 Å². The normalized spacial score (nSPS) is 14.5. The third-order valence-electron chi connectivity index (χ3n) is 6.22. The first-order chi connectivity index (χ1) is 18.5. The molecule has 1 fully saturated rings. The lowest BCUT2D eigenvalue weighted by Crippen LogP contribution is -2.54. The predicted molar refractivity (Wildman–Crippen MR) is 143 cm³/mol. The zero-order chi connectivity index (χ0) is 26.6. The first kappa shape index (κ1) is 24.6. The van der Waals surface area contributed by atoms with Gasteiger partial charge >= 0.3 is 6.03 Å². The lowest BCUT2D eigenvalue weighted by Gasteiger charge is -2.26. The fraction of sp³-hybridized carbons (Fsp3) is 0.100. The Morgan fingerprint density at radius 1 is 0.816 bits per heavy atom. The van der Waals surface area contributed by atoms with Crippen LogP contribution in [0.1, 0.15) is 11.1 Å².